The maximum atomic E-state index is 14.1. The third-order valence-corrected chi connectivity index (χ3v) is 13.5. The molecule has 1 aliphatic carbocycles. The van der Waals surface area contributed by atoms with Crippen LogP contribution in [0.15, 0.2) is 122 Å². The normalized spacial score (nSPS) is 18.6. The Kier molecular flexibility index (Phi) is 10.3. The van der Waals surface area contributed by atoms with Gasteiger partial charge >= 0.3 is 0 Å². The van der Waals surface area contributed by atoms with E-state index in [0.29, 0.717) is 13.0 Å². The van der Waals surface area contributed by atoms with Gasteiger partial charge in [-0.3, -0.25) is 14.4 Å². The maximum Gasteiger partial charge on any atom is 0.250 e. The fourth-order valence-electron chi connectivity index (χ4n) is 7.99. The lowest BCUT2D eigenvalue weighted by Gasteiger charge is -2.28. The molecule has 282 valence electrons. The van der Waals surface area contributed by atoms with Crippen LogP contribution in [-0.2, 0) is 20.8 Å². The Hall–Kier alpha value is -5.45. The molecule has 6 aromatic rings. The molecule has 1 saturated carbocycles. The number of rotatable bonds is 11. The van der Waals surface area contributed by atoms with E-state index in [1.165, 1.54) is 0 Å². The number of aromatic nitrogens is 2. The maximum absolute atomic E-state index is 14.1. The van der Waals surface area contributed by atoms with E-state index in [1.54, 1.807) is 22.7 Å². The molecule has 4 aromatic carbocycles. The summed E-state index contributed by atoms with van der Waals surface area (Å²) in [6.45, 7) is 1.43. The van der Waals surface area contributed by atoms with Crippen molar-refractivity contribution in [1.29, 1.82) is 0 Å². The van der Waals surface area contributed by atoms with Crippen molar-refractivity contribution in [2.75, 3.05) is 13.1 Å². The van der Waals surface area contributed by atoms with Gasteiger partial charge in [-0.15, -0.1) is 22.7 Å². The second kappa shape index (κ2) is 16.0. The topological polar surface area (TPSA) is 95.5 Å². The molecule has 9 rings (SSSR count). The summed E-state index contributed by atoms with van der Waals surface area (Å²) in [6, 6.07) is 35.9. The fraction of sp³-hybridized carbons (Fsp3) is 0.283. The molecule has 0 unspecified atom stereocenters. The van der Waals surface area contributed by atoms with Crippen molar-refractivity contribution in [3.8, 4) is 32.0 Å². The van der Waals surface area contributed by atoms with E-state index >= 15 is 0 Å². The zero-order valence-electron chi connectivity index (χ0n) is 31.1. The molecule has 0 radical (unpaired) electrons. The molecule has 10 heteroatoms. The Morgan fingerprint density at radius 3 is 1.68 bits per heavy atom. The van der Waals surface area contributed by atoms with Gasteiger partial charge in [0, 0.05) is 31.4 Å². The number of likely N-dealkylation sites (tertiary alicyclic amines) is 2. The standard InChI is InChI=1S/C46H43N5O3S2/c52-41(27-30-9-3-1-4-10-30)50-25-7-13-37(50)44-47-28-39(55-44)33-19-15-31(16-20-33)32-17-21-34(22-18-32)40-29-48-45(56-40)38-14-8-26-51(38)46(54)42(35-11-5-2-6-12-35)49-43(53)36-23-24-36/h1-6,9-12,15-22,28-29,36-38,42H,7-8,13-14,23-27H2,(H,49,53)/t37-,38-,42+/m1/s1. The number of nitrogens with zero attached hydrogens (tertiary/aromatic N) is 4. The SMILES string of the molecule is O=C(N[C@H](C(=O)N1CCC[C@@H]1c1ncc(-c2ccc(-c3ccc(-c4cnc([C@H]5CCCN5C(=O)Cc5ccccc5)s4)cc3)cc2)s1)c1ccccc1)C1CC1. The van der Waals surface area contributed by atoms with E-state index in [0.717, 1.165) is 98.2 Å². The first kappa shape index (κ1) is 36.2. The number of thiazole rings is 2. The van der Waals surface area contributed by atoms with Crippen molar-refractivity contribution >= 4 is 40.4 Å². The van der Waals surface area contributed by atoms with Gasteiger partial charge in [0.1, 0.15) is 16.1 Å². The predicted octanol–water partition coefficient (Wildman–Crippen LogP) is 9.44. The van der Waals surface area contributed by atoms with Crippen molar-refractivity contribution < 1.29 is 14.4 Å². The first-order valence-electron chi connectivity index (χ1n) is 19.6. The third-order valence-electron chi connectivity index (χ3n) is 11.2. The number of carbonyl (C=O) groups is 3. The van der Waals surface area contributed by atoms with Crippen LogP contribution in [0.2, 0.25) is 0 Å². The molecule has 0 spiro atoms. The van der Waals surface area contributed by atoms with E-state index in [9.17, 15) is 14.4 Å². The van der Waals surface area contributed by atoms with E-state index in [2.05, 4.69) is 53.8 Å². The molecule has 3 amide bonds. The Morgan fingerprint density at radius 1 is 0.625 bits per heavy atom. The molecule has 56 heavy (non-hydrogen) atoms. The summed E-state index contributed by atoms with van der Waals surface area (Å²) in [5.74, 6) is 0.0837. The van der Waals surface area contributed by atoms with Crippen molar-refractivity contribution in [3.63, 3.8) is 0 Å². The monoisotopic (exact) mass is 777 g/mol. The number of nitrogens with one attached hydrogen (secondary N) is 1. The quantitative estimate of drug-likeness (QED) is 0.142. The van der Waals surface area contributed by atoms with Crippen LogP contribution in [0.4, 0.5) is 0 Å². The van der Waals surface area contributed by atoms with Crippen LogP contribution >= 0.6 is 22.7 Å². The number of carbonyl (C=O) groups excluding carboxylic acids is 3. The van der Waals surface area contributed by atoms with Gasteiger partial charge in [0.15, 0.2) is 0 Å². The Balaban J connectivity index is 0.852. The first-order chi connectivity index (χ1) is 27.5. The Morgan fingerprint density at radius 2 is 1.12 bits per heavy atom. The summed E-state index contributed by atoms with van der Waals surface area (Å²) in [6.07, 6.45) is 9.75. The first-order valence-corrected chi connectivity index (χ1v) is 21.2. The van der Waals surface area contributed by atoms with Gasteiger partial charge in [-0.25, -0.2) is 9.97 Å². The Labute approximate surface area is 335 Å². The zero-order chi connectivity index (χ0) is 38.0. The van der Waals surface area contributed by atoms with E-state index in [-0.39, 0.29) is 35.7 Å². The van der Waals surface area contributed by atoms with Crippen LogP contribution in [0.3, 0.4) is 0 Å². The molecule has 2 saturated heterocycles. The molecule has 4 heterocycles. The lowest BCUT2D eigenvalue weighted by molar-refractivity contribution is -0.137. The van der Waals surface area contributed by atoms with Crippen LogP contribution in [0.25, 0.3) is 32.0 Å². The molecule has 3 atom stereocenters. The number of hydrogen-bond donors (Lipinski definition) is 1. The predicted molar refractivity (Wildman–Crippen MR) is 222 cm³/mol. The number of amides is 3. The molecule has 8 nitrogen and oxygen atoms in total. The van der Waals surface area contributed by atoms with Crippen molar-refractivity contribution in [1.82, 2.24) is 25.1 Å². The van der Waals surface area contributed by atoms with Crippen LogP contribution in [-0.4, -0.2) is 50.6 Å². The third kappa shape index (κ3) is 7.68. The summed E-state index contributed by atoms with van der Waals surface area (Å²) < 4.78 is 0. The van der Waals surface area contributed by atoms with E-state index in [1.807, 2.05) is 82.9 Å². The van der Waals surface area contributed by atoms with Gasteiger partial charge in [-0.2, -0.15) is 0 Å². The van der Waals surface area contributed by atoms with Gasteiger partial charge in [0.2, 0.25) is 17.7 Å². The molecule has 0 bridgehead atoms. The molecule has 1 N–H and O–H groups in total. The van der Waals surface area contributed by atoms with E-state index in [4.69, 9.17) is 9.97 Å². The van der Waals surface area contributed by atoms with E-state index < -0.39 is 6.04 Å². The zero-order valence-corrected chi connectivity index (χ0v) is 32.7. The molecule has 2 aliphatic heterocycles. The van der Waals surface area contributed by atoms with Gasteiger partial charge in [-0.1, -0.05) is 109 Å². The van der Waals surface area contributed by atoms with Gasteiger partial charge < -0.3 is 15.1 Å². The number of hydrogen-bond acceptors (Lipinski definition) is 7. The van der Waals surface area contributed by atoms with Crippen molar-refractivity contribution in [2.45, 2.75) is 63.1 Å². The lowest BCUT2D eigenvalue weighted by Crippen LogP contribution is -2.43. The average Bonchev–Trinajstić information content (AvgIpc) is 3.69. The number of benzene rings is 4. The smallest absolute Gasteiger partial charge is 0.250 e. The second-order valence-corrected chi connectivity index (χ2v) is 17.1. The van der Waals surface area contributed by atoms with Crippen LogP contribution in [0.1, 0.15) is 77.8 Å². The van der Waals surface area contributed by atoms with Gasteiger partial charge in [0.05, 0.1) is 28.3 Å². The molecule has 3 aliphatic rings. The van der Waals surface area contributed by atoms with Gasteiger partial charge in [0.25, 0.3) is 0 Å². The summed E-state index contributed by atoms with van der Waals surface area (Å²) >= 11 is 3.32. The molecule has 3 fully saturated rings. The fourth-order valence-corrected chi connectivity index (χ4v) is 10.1. The molecular weight excluding hydrogens is 735 g/mol. The molecule has 2 aromatic heterocycles. The highest BCUT2D eigenvalue weighted by molar-refractivity contribution is 7.15. The Bertz CT molecular complexity index is 2320. The summed E-state index contributed by atoms with van der Waals surface area (Å²) in [5.41, 5.74) is 6.31. The minimum atomic E-state index is -0.699. The molecular formula is C46H43N5O3S2. The lowest BCUT2D eigenvalue weighted by atomic mass is 10.0. The summed E-state index contributed by atoms with van der Waals surface area (Å²) in [7, 11) is 0. The van der Waals surface area contributed by atoms with Crippen LogP contribution < -0.4 is 5.32 Å². The highest BCUT2D eigenvalue weighted by Gasteiger charge is 2.39. The summed E-state index contributed by atoms with van der Waals surface area (Å²) in [5, 5.41) is 5.00. The van der Waals surface area contributed by atoms with Crippen molar-refractivity contribution in [2.24, 2.45) is 5.92 Å². The average molecular weight is 778 g/mol. The summed E-state index contributed by atoms with van der Waals surface area (Å²) in [4.78, 5) is 55.8. The highest BCUT2D eigenvalue weighted by Crippen LogP contribution is 2.41. The second-order valence-electron chi connectivity index (χ2n) is 15.0. The van der Waals surface area contributed by atoms with Crippen molar-refractivity contribution in [3.05, 3.63) is 143 Å². The minimum Gasteiger partial charge on any atom is -0.340 e. The largest absolute Gasteiger partial charge is 0.340 e. The van der Waals surface area contributed by atoms with Crippen LogP contribution in [0.5, 0.6) is 0 Å². The highest BCUT2D eigenvalue weighted by atomic mass is 32.1. The van der Waals surface area contributed by atoms with Crippen LogP contribution in [0, 0.1) is 5.92 Å². The minimum absolute atomic E-state index is 0.0204. The van der Waals surface area contributed by atoms with Gasteiger partial charge in [-0.05, 0) is 71.9 Å².